The van der Waals surface area contributed by atoms with Crippen LogP contribution in [0.25, 0.3) is 0 Å². The zero-order valence-electron chi connectivity index (χ0n) is 24.1. The van der Waals surface area contributed by atoms with Gasteiger partial charge < -0.3 is 20.3 Å². The highest BCUT2D eigenvalue weighted by atomic mass is 16.6. The summed E-state index contributed by atoms with van der Waals surface area (Å²) >= 11 is 0. The van der Waals surface area contributed by atoms with E-state index in [2.05, 4.69) is 52.2 Å². The first-order valence-electron chi connectivity index (χ1n) is 13.3. The SMILES string of the molecule is CN(CCC(C)(C)C)C(=O)OCc1ccc(NC(=O)[C@@H](Cc2ccccc2)NC(=O)CCC(C)(C)C)cc1. The largest absolute Gasteiger partial charge is 0.445 e. The third-order valence-corrected chi connectivity index (χ3v) is 6.13. The van der Waals surface area contributed by atoms with Gasteiger partial charge in [-0.1, -0.05) is 84.0 Å². The molecule has 0 heterocycles. The number of carbonyl (C=O) groups is 3. The van der Waals surface area contributed by atoms with Crippen molar-refractivity contribution in [2.75, 3.05) is 18.9 Å². The van der Waals surface area contributed by atoms with Gasteiger partial charge in [0.1, 0.15) is 12.6 Å². The van der Waals surface area contributed by atoms with Gasteiger partial charge in [0, 0.05) is 32.1 Å². The van der Waals surface area contributed by atoms with E-state index < -0.39 is 6.04 Å². The van der Waals surface area contributed by atoms with Gasteiger partial charge in [-0.15, -0.1) is 0 Å². The first-order chi connectivity index (χ1) is 17.7. The Hall–Kier alpha value is -3.35. The van der Waals surface area contributed by atoms with Crippen molar-refractivity contribution in [3.8, 4) is 0 Å². The quantitative estimate of drug-likeness (QED) is 0.368. The predicted molar refractivity (Wildman–Crippen MR) is 153 cm³/mol. The van der Waals surface area contributed by atoms with E-state index >= 15 is 0 Å². The van der Waals surface area contributed by atoms with E-state index in [1.807, 2.05) is 42.5 Å². The van der Waals surface area contributed by atoms with Crippen molar-refractivity contribution in [1.82, 2.24) is 10.2 Å². The average molecular weight is 524 g/mol. The van der Waals surface area contributed by atoms with E-state index in [4.69, 9.17) is 4.74 Å². The number of nitrogens with zero attached hydrogens (tertiary/aromatic N) is 1. The molecule has 0 aliphatic heterocycles. The fourth-order valence-corrected chi connectivity index (χ4v) is 3.58. The van der Waals surface area contributed by atoms with E-state index in [0.29, 0.717) is 25.1 Å². The van der Waals surface area contributed by atoms with Gasteiger partial charge >= 0.3 is 6.09 Å². The van der Waals surface area contributed by atoms with Gasteiger partial charge in [-0.3, -0.25) is 9.59 Å². The van der Waals surface area contributed by atoms with Gasteiger partial charge in [0.2, 0.25) is 11.8 Å². The molecule has 7 heteroatoms. The first kappa shape index (κ1) is 30.9. The maximum absolute atomic E-state index is 13.2. The van der Waals surface area contributed by atoms with Crippen molar-refractivity contribution in [3.63, 3.8) is 0 Å². The molecule has 0 aromatic heterocycles. The third-order valence-electron chi connectivity index (χ3n) is 6.13. The molecule has 0 saturated heterocycles. The smallest absolute Gasteiger partial charge is 0.409 e. The van der Waals surface area contributed by atoms with Crippen molar-refractivity contribution < 1.29 is 19.1 Å². The maximum atomic E-state index is 13.2. The number of amides is 3. The molecule has 0 aliphatic rings. The number of carbonyl (C=O) groups excluding carboxylic acids is 3. The summed E-state index contributed by atoms with van der Waals surface area (Å²) in [5, 5.41) is 5.83. The number of nitrogens with one attached hydrogen (secondary N) is 2. The van der Waals surface area contributed by atoms with Crippen LogP contribution >= 0.6 is 0 Å². The van der Waals surface area contributed by atoms with Crippen LogP contribution in [0, 0.1) is 10.8 Å². The molecule has 0 radical (unpaired) electrons. The van der Waals surface area contributed by atoms with Gasteiger partial charge in [-0.05, 0) is 46.9 Å². The van der Waals surface area contributed by atoms with Crippen molar-refractivity contribution in [2.24, 2.45) is 10.8 Å². The van der Waals surface area contributed by atoms with E-state index in [1.165, 1.54) is 0 Å². The summed E-state index contributed by atoms with van der Waals surface area (Å²) in [5.41, 5.74) is 2.57. The molecule has 1 atom stereocenters. The molecular weight excluding hydrogens is 478 g/mol. The Morgan fingerprint density at radius 3 is 2.03 bits per heavy atom. The van der Waals surface area contributed by atoms with E-state index in [0.717, 1.165) is 24.0 Å². The van der Waals surface area contributed by atoms with Crippen molar-refractivity contribution in [1.29, 1.82) is 0 Å². The minimum atomic E-state index is -0.700. The Bertz CT molecular complexity index is 1040. The molecular formula is C31H45N3O4. The van der Waals surface area contributed by atoms with Crippen LogP contribution in [-0.2, 0) is 27.4 Å². The fraction of sp³-hybridized carbons (Fsp3) is 0.516. The second kappa shape index (κ2) is 14.0. The number of hydrogen-bond acceptors (Lipinski definition) is 4. The average Bonchev–Trinajstić information content (AvgIpc) is 2.84. The molecule has 3 amide bonds. The summed E-state index contributed by atoms with van der Waals surface area (Å²) < 4.78 is 5.42. The Balaban J connectivity index is 1.96. The van der Waals surface area contributed by atoms with Crippen molar-refractivity contribution in [2.45, 2.75) is 79.9 Å². The normalized spacial score (nSPS) is 12.4. The van der Waals surface area contributed by atoms with E-state index in [9.17, 15) is 14.4 Å². The summed E-state index contributed by atoms with van der Waals surface area (Å²) in [6.07, 6.45) is 2.01. The molecule has 0 unspecified atom stereocenters. The third kappa shape index (κ3) is 12.3. The van der Waals surface area contributed by atoms with Crippen LogP contribution < -0.4 is 10.6 Å². The highest BCUT2D eigenvalue weighted by molar-refractivity contribution is 5.97. The van der Waals surface area contributed by atoms with E-state index in [-0.39, 0.29) is 35.3 Å². The van der Waals surface area contributed by atoms with Crippen LogP contribution in [0.4, 0.5) is 10.5 Å². The lowest BCUT2D eigenvalue weighted by atomic mass is 9.90. The molecule has 0 saturated carbocycles. The lowest BCUT2D eigenvalue weighted by Crippen LogP contribution is -2.45. The topological polar surface area (TPSA) is 87.7 Å². The molecule has 2 aromatic carbocycles. The minimum absolute atomic E-state index is 0.0342. The van der Waals surface area contributed by atoms with Gasteiger partial charge in [0.15, 0.2) is 0 Å². The van der Waals surface area contributed by atoms with Crippen LogP contribution in [0.15, 0.2) is 54.6 Å². The Labute approximate surface area is 228 Å². The number of rotatable bonds is 11. The second-order valence-electron chi connectivity index (χ2n) is 12.3. The lowest BCUT2D eigenvalue weighted by Gasteiger charge is -2.23. The summed E-state index contributed by atoms with van der Waals surface area (Å²) in [7, 11) is 1.74. The van der Waals surface area contributed by atoms with Gasteiger partial charge in [-0.25, -0.2) is 4.79 Å². The zero-order valence-corrected chi connectivity index (χ0v) is 24.1. The van der Waals surface area contributed by atoms with Gasteiger partial charge in [-0.2, -0.15) is 0 Å². The fourth-order valence-electron chi connectivity index (χ4n) is 3.58. The highest BCUT2D eigenvalue weighted by Crippen LogP contribution is 2.21. The van der Waals surface area contributed by atoms with Crippen LogP contribution in [0.2, 0.25) is 0 Å². The molecule has 38 heavy (non-hydrogen) atoms. The summed E-state index contributed by atoms with van der Waals surface area (Å²) in [6, 6.07) is 16.1. The highest BCUT2D eigenvalue weighted by Gasteiger charge is 2.23. The summed E-state index contributed by atoms with van der Waals surface area (Å²) in [5.74, 6) is -0.418. The Morgan fingerprint density at radius 2 is 1.45 bits per heavy atom. The molecule has 2 N–H and O–H groups in total. The molecule has 2 rings (SSSR count). The minimum Gasteiger partial charge on any atom is -0.445 e. The molecule has 0 aliphatic carbocycles. The number of anilines is 1. The Morgan fingerprint density at radius 1 is 0.842 bits per heavy atom. The monoisotopic (exact) mass is 523 g/mol. The van der Waals surface area contributed by atoms with Crippen molar-refractivity contribution >= 4 is 23.6 Å². The number of ether oxygens (including phenoxy) is 1. The first-order valence-corrected chi connectivity index (χ1v) is 13.3. The molecule has 2 aromatic rings. The second-order valence-corrected chi connectivity index (χ2v) is 12.3. The summed E-state index contributed by atoms with van der Waals surface area (Å²) in [6.45, 7) is 13.4. The molecule has 7 nitrogen and oxygen atoms in total. The molecule has 0 bridgehead atoms. The van der Waals surface area contributed by atoms with Crippen molar-refractivity contribution in [3.05, 3.63) is 65.7 Å². The Kier molecular flexibility index (Phi) is 11.4. The van der Waals surface area contributed by atoms with Crippen LogP contribution in [0.5, 0.6) is 0 Å². The van der Waals surface area contributed by atoms with Crippen LogP contribution in [-0.4, -0.2) is 42.4 Å². The predicted octanol–water partition coefficient (Wildman–Crippen LogP) is 6.18. The zero-order chi connectivity index (χ0) is 28.3. The lowest BCUT2D eigenvalue weighted by molar-refractivity contribution is -0.126. The standard InChI is InChI=1S/C31H45N3O4/c1-30(2,3)18-17-27(35)33-26(21-23-11-9-8-10-12-23)28(36)32-25-15-13-24(14-16-25)22-38-29(37)34(7)20-19-31(4,5)6/h8-16,26H,17-22H2,1-7H3,(H,32,36)(H,33,35)/t26-/m1/s1. The summed E-state index contributed by atoms with van der Waals surface area (Å²) in [4.78, 5) is 39.6. The molecule has 0 fully saturated rings. The van der Waals surface area contributed by atoms with Gasteiger partial charge in [0.25, 0.3) is 0 Å². The number of benzene rings is 2. The van der Waals surface area contributed by atoms with E-state index in [1.54, 1.807) is 24.1 Å². The van der Waals surface area contributed by atoms with Crippen LogP contribution in [0.1, 0.15) is 71.9 Å². The number of hydrogen-bond donors (Lipinski definition) is 2. The maximum Gasteiger partial charge on any atom is 0.409 e. The molecule has 0 spiro atoms. The van der Waals surface area contributed by atoms with Gasteiger partial charge in [0.05, 0.1) is 0 Å². The molecule has 208 valence electrons. The van der Waals surface area contributed by atoms with Crippen LogP contribution in [0.3, 0.4) is 0 Å².